The molecule has 1 heterocycles. The van der Waals surface area contributed by atoms with Crippen LogP contribution in [0.1, 0.15) is 57.2 Å². The van der Waals surface area contributed by atoms with E-state index in [1.807, 2.05) is 0 Å². The monoisotopic (exact) mass is 289 g/mol. The summed E-state index contributed by atoms with van der Waals surface area (Å²) in [5.41, 5.74) is 2.46. The first kappa shape index (κ1) is 16.3. The van der Waals surface area contributed by atoms with Gasteiger partial charge in [-0.05, 0) is 56.7 Å². The Morgan fingerprint density at radius 1 is 1.19 bits per heavy atom. The number of nitrogens with one attached hydrogen (secondary N) is 1. The molecule has 1 N–H and O–H groups in total. The molecule has 0 spiro atoms. The first-order valence-electron chi connectivity index (χ1n) is 8.55. The largest absolute Gasteiger partial charge is 0.357 e. The van der Waals surface area contributed by atoms with E-state index in [2.05, 4.69) is 50.2 Å². The Hall–Kier alpha value is -1.09. The van der Waals surface area contributed by atoms with Gasteiger partial charge in [0.15, 0.2) is 0 Å². The molecule has 0 bridgehead atoms. The molecule has 0 unspecified atom stereocenters. The van der Waals surface area contributed by atoms with Crippen LogP contribution >= 0.6 is 0 Å². The van der Waals surface area contributed by atoms with E-state index in [0.717, 1.165) is 30.5 Å². The topological polar surface area (TPSA) is 28.2 Å². The number of rotatable bonds is 6. The van der Waals surface area contributed by atoms with Crippen molar-refractivity contribution in [3.05, 3.63) is 23.4 Å². The molecule has 0 atom stereocenters. The molecule has 1 aliphatic carbocycles. The molecule has 21 heavy (non-hydrogen) atoms. The Kier molecular flexibility index (Phi) is 6.04. The summed E-state index contributed by atoms with van der Waals surface area (Å²) in [5, 5.41) is 3.38. The molecular formula is C18H31N3. The van der Waals surface area contributed by atoms with E-state index in [-0.39, 0.29) is 0 Å². The van der Waals surface area contributed by atoms with Gasteiger partial charge in [0.05, 0.1) is 0 Å². The fourth-order valence-corrected chi connectivity index (χ4v) is 3.35. The second kappa shape index (κ2) is 7.79. The number of pyridine rings is 1. The van der Waals surface area contributed by atoms with Crippen LogP contribution < -0.4 is 10.2 Å². The standard InChI is InChI=1S/C18H31N3/c1-5-15-7-10-17(11-8-15)21(4)18-12-9-16(13-19-6-2)14(3)20-18/h9,12,15,17,19H,5-8,10-11,13H2,1-4H3. The first-order chi connectivity index (χ1) is 10.2. The first-order valence-corrected chi connectivity index (χ1v) is 8.55. The molecule has 0 saturated heterocycles. The predicted octanol–water partition coefficient (Wildman–Crippen LogP) is 3.90. The van der Waals surface area contributed by atoms with E-state index < -0.39 is 0 Å². The van der Waals surface area contributed by atoms with Crippen molar-refractivity contribution >= 4 is 5.82 Å². The average Bonchev–Trinajstić information content (AvgIpc) is 2.53. The molecule has 118 valence electrons. The number of aromatic nitrogens is 1. The summed E-state index contributed by atoms with van der Waals surface area (Å²) in [7, 11) is 2.21. The molecule has 0 aliphatic heterocycles. The SMILES string of the molecule is CCNCc1ccc(N(C)C2CCC(CC)CC2)nc1C. The Bertz CT molecular complexity index is 436. The van der Waals surface area contributed by atoms with Crippen molar-refractivity contribution in [1.29, 1.82) is 0 Å². The van der Waals surface area contributed by atoms with Crippen molar-refractivity contribution in [2.75, 3.05) is 18.5 Å². The van der Waals surface area contributed by atoms with Crippen molar-refractivity contribution in [3.8, 4) is 0 Å². The summed E-state index contributed by atoms with van der Waals surface area (Å²) in [5.74, 6) is 2.08. The maximum absolute atomic E-state index is 4.83. The van der Waals surface area contributed by atoms with Crippen LogP contribution in [-0.4, -0.2) is 24.6 Å². The summed E-state index contributed by atoms with van der Waals surface area (Å²) < 4.78 is 0. The van der Waals surface area contributed by atoms with Gasteiger partial charge in [0.1, 0.15) is 5.82 Å². The van der Waals surface area contributed by atoms with Crippen LogP contribution in [0.3, 0.4) is 0 Å². The molecule has 1 saturated carbocycles. The molecule has 3 nitrogen and oxygen atoms in total. The number of hydrogen-bond donors (Lipinski definition) is 1. The van der Waals surface area contributed by atoms with E-state index in [1.165, 1.54) is 37.7 Å². The van der Waals surface area contributed by atoms with Crippen LogP contribution in [0.4, 0.5) is 5.82 Å². The molecule has 3 heteroatoms. The normalized spacial score (nSPS) is 22.3. The zero-order valence-electron chi connectivity index (χ0n) is 14.2. The summed E-state index contributed by atoms with van der Waals surface area (Å²) >= 11 is 0. The quantitative estimate of drug-likeness (QED) is 0.860. The van der Waals surface area contributed by atoms with Gasteiger partial charge in [-0.25, -0.2) is 4.98 Å². The van der Waals surface area contributed by atoms with Gasteiger partial charge in [-0.2, -0.15) is 0 Å². The Morgan fingerprint density at radius 3 is 2.48 bits per heavy atom. The third kappa shape index (κ3) is 4.19. The van der Waals surface area contributed by atoms with Gasteiger partial charge >= 0.3 is 0 Å². The summed E-state index contributed by atoms with van der Waals surface area (Å²) in [6.07, 6.45) is 6.72. The lowest BCUT2D eigenvalue weighted by Crippen LogP contribution is -2.35. The van der Waals surface area contributed by atoms with Gasteiger partial charge in [0.25, 0.3) is 0 Å². The molecule has 0 amide bonds. The van der Waals surface area contributed by atoms with Crippen molar-refractivity contribution < 1.29 is 0 Å². The number of aryl methyl sites for hydroxylation is 1. The Balaban J connectivity index is 1.99. The minimum Gasteiger partial charge on any atom is -0.357 e. The molecular weight excluding hydrogens is 258 g/mol. The summed E-state index contributed by atoms with van der Waals surface area (Å²) in [6.45, 7) is 8.50. The fourth-order valence-electron chi connectivity index (χ4n) is 3.35. The zero-order chi connectivity index (χ0) is 15.2. The van der Waals surface area contributed by atoms with Crippen molar-refractivity contribution in [1.82, 2.24) is 10.3 Å². The van der Waals surface area contributed by atoms with Crippen LogP contribution in [0, 0.1) is 12.8 Å². The molecule has 1 aromatic heterocycles. The second-order valence-electron chi connectivity index (χ2n) is 6.39. The van der Waals surface area contributed by atoms with E-state index in [9.17, 15) is 0 Å². The average molecular weight is 289 g/mol. The highest BCUT2D eigenvalue weighted by molar-refractivity contribution is 5.42. The lowest BCUT2D eigenvalue weighted by Gasteiger charge is -2.35. The van der Waals surface area contributed by atoms with Gasteiger partial charge in [0, 0.05) is 25.3 Å². The lowest BCUT2D eigenvalue weighted by atomic mass is 9.84. The molecule has 1 fully saturated rings. The predicted molar refractivity (Wildman–Crippen MR) is 90.8 cm³/mol. The van der Waals surface area contributed by atoms with Crippen molar-refractivity contribution in [3.63, 3.8) is 0 Å². The summed E-state index contributed by atoms with van der Waals surface area (Å²) in [4.78, 5) is 7.22. The van der Waals surface area contributed by atoms with Gasteiger partial charge in [-0.3, -0.25) is 0 Å². The van der Waals surface area contributed by atoms with Crippen LogP contribution in [0.25, 0.3) is 0 Å². The maximum atomic E-state index is 4.83. The second-order valence-corrected chi connectivity index (χ2v) is 6.39. The summed E-state index contributed by atoms with van der Waals surface area (Å²) in [6, 6.07) is 5.08. The third-order valence-electron chi connectivity index (χ3n) is 5.05. The van der Waals surface area contributed by atoms with E-state index >= 15 is 0 Å². The van der Waals surface area contributed by atoms with Gasteiger partial charge in [-0.1, -0.05) is 26.3 Å². The minimum atomic E-state index is 0.666. The lowest BCUT2D eigenvalue weighted by molar-refractivity contribution is 0.313. The number of anilines is 1. The Labute approximate surface area is 130 Å². The number of nitrogens with zero attached hydrogens (tertiary/aromatic N) is 2. The third-order valence-corrected chi connectivity index (χ3v) is 5.05. The highest BCUT2D eigenvalue weighted by Crippen LogP contribution is 2.30. The minimum absolute atomic E-state index is 0.666. The van der Waals surface area contributed by atoms with Crippen molar-refractivity contribution in [2.24, 2.45) is 5.92 Å². The molecule has 1 aromatic rings. The van der Waals surface area contributed by atoms with Gasteiger partial charge < -0.3 is 10.2 Å². The van der Waals surface area contributed by atoms with E-state index in [0.29, 0.717) is 6.04 Å². The molecule has 2 rings (SSSR count). The van der Waals surface area contributed by atoms with Crippen LogP contribution in [-0.2, 0) is 6.54 Å². The van der Waals surface area contributed by atoms with Gasteiger partial charge in [-0.15, -0.1) is 0 Å². The number of hydrogen-bond acceptors (Lipinski definition) is 3. The highest BCUT2D eigenvalue weighted by Gasteiger charge is 2.23. The molecule has 0 radical (unpaired) electrons. The highest BCUT2D eigenvalue weighted by atomic mass is 15.2. The fraction of sp³-hybridized carbons (Fsp3) is 0.722. The Morgan fingerprint density at radius 2 is 1.90 bits per heavy atom. The van der Waals surface area contributed by atoms with E-state index in [1.54, 1.807) is 0 Å². The van der Waals surface area contributed by atoms with Crippen molar-refractivity contribution in [2.45, 2.75) is 65.5 Å². The zero-order valence-corrected chi connectivity index (χ0v) is 14.2. The van der Waals surface area contributed by atoms with Crippen LogP contribution in [0.15, 0.2) is 12.1 Å². The van der Waals surface area contributed by atoms with Crippen LogP contribution in [0.2, 0.25) is 0 Å². The van der Waals surface area contributed by atoms with E-state index in [4.69, 9.17) is 4.98 Å². The van der Waals surface area contributed by atoms with Crippen LogP contribution in [0.5, 0.6) is 0 Å². The van der Waals surface area contributed by atoms with Gasteiger partial charge in [0.2, 0.25) is 0 Å². The molecule has 1 aliphatic rings. The molecule has 0 aromatic carbocycles. The maximum Gasteiger partial charge on any atom is 0.128 e. The smallest absolute Gasteiger partial charge is 0.128 e.